The quantitative estimate of drug-likeness (QED) is 0.741. The summed E-state index contributed by atoms with van der Waals surface area (Å²) in [5.74, 6) is 0.733. The fourth-order valence-corrected chi connectivity index (χ4v) is 2.19. The zero-order chi connectivity index (χ0) is 14.7. The summed E-state index contributed by atoms with van der Waals surface area (Å²) in [7, 11) is 0. The van der Waals surface area contributed by atoms with E-state index >= 15 is 0 Å². The molecule has 0 atom stereocenters. The largest absolute Gasteiger partial charge is 0.488 e. The van der Waals surface area contributed by atoms with Crippen molar-refractivity contribution in [2.24, 2.45) is 0 Å². The molecule has 0 unspecified atom stereocenters. The number of benzene rings is 2. The molecule has 3 aromatic rings. The molecule has 0 saturated carbocycles. The molecule has 0 spiro atoms. The minimum atomic E-state index is 0.216. The van der Waals surface area contributed by atoms with Crippen molar-refractivity contribution in [2.75, 3.05) is 12.3 Å². The Morgan fingerprint density at radius 1 is 1.10 bits per heavy atom. The van der Waals surface area contributed by atoms with E-state index in [1.807, 2.05) is 54.6 Å². The number of hydrogen-bond donors (Lipinski definition) is 1. The third kappa shape index (κ3) is 2.67. The molecule has 0 amide bonds. The number of nitrogens with two attached hydrogens (primary N) is 1. The fourth-order valence-electron chi connectivity index (χ4n) is 2.19. The van der Waals surface area contributed by atoms with Gasteiger partial charge in [0.1, 0.15) is 11.7 Å². The van der Waals surface area contributed by atoms with Crippen molar-refractivity contribution in [2.45, 2.75) is 6.42 Å². The van der Waals surface area contributed by atoms with Crippen LogP contribution in [0.25, 0.3) is 11.0 Å². The molecule has 2 N–H and O–H groups in total. The maximum Gasteiger partial charge on any atom is 0.246 e. The molecular weight excluding hydrogens is 264 g/mol. The summed E-state index contributed by atoms with van der Waals surface area (Å²) in [5.41, 5.74) is 8.19. The number of ether oxygens (including phenoxy) is 1. The second-order valence-corrected chi connectivity index (χ2v) is 4.71. The van der Waals surface area contributed by atoms with Gasteiger partial charge in [-0.05, 0) is 29.8 Å². The first kappa shape index (κ1) is 13.1. The normalized spacial score (nSPS) is 10.4. The van der Waals surface area contributed by atoms with E-state index < -0.39 is 0 Å². The van der Waals surface area contributed by atoms with Crippen molar-refractivity contribution in [3.63, 3.8) is 0 Å². The summed E-state index contributed by atoms with van der Waals surface area (Å²) in [6, 6.07) is 17.2. The summed E-state index contributed by atoms with van der Waals surface area (Å²) < 4.78 is 11.2. The van der Waals surface area contributed by atoms with E-state index in [-0.39, 0.29) is 5.76 Å². The van der Waals surface area contributed by atoms with Crippen LogP contribution in [0.1, 0.15) is 11.3 Å². The van der Waals surface area contributed by atoms with Gasteiger partial charge in [0.05, 0.1) is 12.0 Å². The number of nitrogens with zero attached hydrogens (tertiary/aromatic N) is 1. The third-order valence-corrected chi connectivity index (χ3v) is 3.27. The van der Waals surface area contributed by atoms with Crippen LogP contribution >= 0.6 is 0 Å². The van der Waals surface area contributed by atoms with Crippen LogP contribution in [-0.2, 0) is 6.42 Å². The number of rotatable bonds is 4. The topological polar surface area (TPSA) is 72.2 Å². The predicted octanol–water partition coefficient (Wildman–Crippen LogP) is 3.51. The molecule has 104 valence electrons. The summed E-state index contributed by atoms with van der Waals surface area (Å²) in [6.45, 7) is 0.474. The zero-order valence-corrected chi connectivity index (χ0v) is 11.4. The molecule has 4 nitrogen and oxygen atoms in total. The summed E-state index contributed by atoms with van der Waals surface area (Å²) >= 11 is 0. The fraction of sp³-hybridized carbons (Fsp3) is 0.118. The molecule has 4 heteroatoms. The van der Waals surface area contributed by atoms with Crippen LogP contribution in [0.2, 0.25) is 0 Å². The number of furan rings is 1. The standard InChI is InChI=1S/C17H14N2O2/c18-11-16-17(14-3-1-2-4-15(14)21-16)20-10-9-12-5-7-13(19)8-6-12/h1-8H,9-10,19H2. The number of nitriles is 1. The molecule has 0 fully saturated rings. The molecule has 3 rings (SSSR count). The Morgan fingerprint density at radius 2 is 1.86 bits per heavy atom. The molecule has 0 aliphatic heterocycles. The van der Waals surface area contributed by atoms with Gasteiger partial charge in [0.2, 0.25) is 5.76 Å². The van der Waals surface area contributed by atoms with Crippen LogP contribution in [0.4, 0.5) is 5.69 Å². The second-order valence-electron chi connectivity index (χ2n) is 4.71. The SMILES string of the molecule is N#Cc1oc2ccccc2c1OCCc1ccc(N)cc1. The lowest BCUT2D eigenvalue weighted by molar-refractivity contribution is 0.319. The molecule has 2 aromatic carbocycles. The van der Waals surface area contributed by atoms with Crippen LogP contribution in [0.15, 0.2) is 52.9 Å². The third-order valence-electron chi connectivity index (χ3n) is 3.27. The van der Waals surface area contributed by atoms with Gasteiger partial charge in [0, 0.05) is 12.1 Å². The first-order chi connectivity index (χ1) is 10.3. The van der Waals surface area contributed by atoms with Gasteiger partial charge in [-0.2, -0.15) is 5.26 Å². The highest BCUT2D eigenvalue weighted by Gasteiger charge is 2.14. The van der Waals surface area contributed by atoms with Crippen molar-refractivity contribution >= 4 is 16.7 Å². The van der Waals surface area contributed by atoms with Crippen LogP contribution in [0, 0.1) is 11.3 Å². The highest BCUT2D eigenvalue weighted by atomic mass is 16.5. The van der Waals surface area contributed by atoms with Gasteiger partial charge in [0.25, 0.3) is 0 Å². The zero-order valence-electron chi connectivity index (χ0n) is 11.4. The molecule has 0 aliphatic carbocycles. The average molecular weight is 278 g/mol. The lowest BCUT2D eigenvalue weighted by Crippen LogP contribution is -2.02. The van der Waals surface area contributed by atoms with Gasteiger partial charge in [-0.25, -0.2) is 0 Å². The van der Waals surface area contributed by atoms with Crippen LogP contribution < -0.4 is 10.5 Å². The monoisotopic (exact) mass is 278 g/mol. The number of para-hydroxylation sites is 1. The van der Waals surface area contributed by atoms with E-state index in [2.05, 4.69) is 0 Å². The number of anilines is 1. The average Bonchev–Trinajstić information content (AvgIpc) is 2.87. The summed E-state index contributed by atoms with van der Waals surface area (Å²) in [4.78, 5) is 0. The van der Waals surface area contributed by atoms with Crippen LogP contribution in [0.5, 0.6) is 5.75 Å². The highest BCUT2D eigenvalue weighted by molar-refractivity contribution is 5.86. The number of fused-ring (bicyclic) bond motifs is 1. The van der Waals surface area contributed by atoms with Gasteiger partial charge in [-0.1, -0.05) is 24.3 Å². The minimum absolute atomic E-state index is 0.216. The van der Waals surface area contributed by atoms with Crippen molar-refractivity contribution in [3.8, 4) is 11.8 Å². The Balaban J connectivity index is 1.76. The lowest BCUT2D eigenvalue weighted by atomic mass is 10.1. The lowest BCUT2D eigenvalue weighted by Gasteiger charge is -2.05. The number of hydrogen-bond acceptors (Lipinski definition) is 4. The van der Waals surface area contributed by atoms with Crippen LogP contribution in [0.3, 0.4) is 0 Å². The van der Waals surface area contributed by atoms with E-state index in [4.69, 9.17) is 20.1 Å². The smallest absolute Gasteiger partial charge is 0.246 e. The van der Waals surface area contributed by atoms with E-state index in [9.17, 15) is 0 Å². The Morgan fingerprint density at radius 3 is 2.62 bits per heavy atom. The first-order valence-electron chi connectivity index (χ1n) is 6.67. The van der Waals surface area contributed by atoms with Crippen LogP contribution in [-0.4, -0.2) is 6.61 Å². The molecule has 0 saturated heterocycles. The van der Waals surface area contributed by atoms with Crippen molar-refractivity contribution in [3.05, 3.63) is 59.9 Å². The molecule has 1 heterocycles. The van der Waals surface area contributed by atoms with Gasteiger partial charge >= 0.3 is 0 Å². The molecular formula is C17H14N2O2. The Bertz CT molecular complexity index is 798. The Labute approximate surface area is 122 Å². The number of nitrogen functional groups attached to an aromatic ring is 1. The van der Waals surface area contributed by atoms with E-state index in [1.54, 1.807) is 0 Å². The molecule has 1 aromatic heterocycles. The Kier molecular flexibility index (Phi) is 3.48. The van der Waals surface area contributed by atoms with Gasteiger partial charge < -0.3 is 14.9 Å². The predicted molar refractivity (Wildman–Crippen MR) is 81.0 cm³/mol. The van der Waals surface area contributed by atoms with Gasteiger partial charge in [-0.15, -0.1) is 0 Å². The van der Waals surface area contributed by atoms with Crippen molar-refractivity contribution < 1.29 is 9.15 Å². The van der Waals surface area contributed by atoms with E-state index in [1.165, 1.54) is 0 Å². The second kappa shape index (κ2) is 5.59. The molecule has 0 radical (unpaired) electrons. The van der Waals surface area contributed by atoms with Crippen molar-refractivity contribution in [1.82, 2.24) is 0 Å². The summed E-state index contributed by atoms with van der Waals surface area (Å²) in [5, 5.41) is 9.95. The van der Waals surface area contributed by atoms with Crippen molar-refractivity contribution in [1.29, 1.82) is 5.26 Å². The maximum atomic E-state index is 9.13. The molecule has 0 aliphatic rings. The minimum Gasteiger partial charge on any atom is -0.488 e. The first-order valence-corrected chi connectivity index (χ1v) is 6.67. The van der Waals surface area contributed by atoms with Gasteiger partial charge in [0.15, 0.2) is 5.75 Å². The van der Waals surface area contributed by atoms with Gasteiger partial charge in [-0.3, -0.25) is 0 Å². The molecule has 0 bridgehead atoms. The molecule has 21 heavy (non-hydrogen) atoms. The Hall–Kier alpha value is -2.93. The van der Waals surface area contributed by atoms with E-state index in [0.717, 1.165) is 23.1 Å². The summed E-state index contributed by atoms with van der Waals surface area (Å²) in [6.07, 6.45) is 0.741. The van der Waals surface area contributed by atoms with E-state index in [0.29, 0.717) is 17.9 Å². The highest BCUT2D eigenvalue weighted by Crippen LogP contribution is 2.32. The maximum absolute atomic E-state index is 9.13.